The van der Waals surface area contributed by atoms with Gasteiger partial charge in [0, 0.05) is 0 Å². The molecule has 0 fully saturated rings. The van der Waals surface area contributed by atoms with E-state index in [-0.39, 0.29) is 0 Å². The van der Waals surface area contributed by atoms with Gasteiger partial charge in [-0.05, 0) is 25.0 Å². The van der Waals surface area contributed by atoms with E-state index < -0.39 is 12.1 Å². The van der Waals surface area contributed by atoms with Crippen molar-refractivity contribution < 1.29 is 14.3 Å². The van der Waals surface area contributed by atoms with E-state index in [4.69, 9.17) is 4.74 Å². The summed E-state index contributed by atoms with van der Waals surface area (Å²) in [7, 11) is 0. The normalized spacial score (nSPS) is 11.9. The first kappa shape index (κ1) is 17.4. The van der Waals surface area contributed by atoms with Crippen molar-refractivity contribution >= 4 is 12.3 Å². The number of carbonyl (C=O) groups is 2. The SMILES string of the molecule is CCCCCCCCCC(C=O)OC(=O)c1ccccc1. The van der Waals surface area contributed by atoms with E-state index in [2.05, 4.69) is 6.92 Å². The van der Waals surface area contributed by atoms with E-state index in [1.165, 1.54) is 32.1 Å². The first-order valence-corrected chi connectivity index (χ1v) is 7.99. The first-order valence-electron chi connectivity index (χ1n) is 7.99. The third-order valence-corrected chi connectivity index (χ3v) is 3.51. The predicted octanol–water partition coefficient (Wildman–Crippen LogP) is 4.55. The molecule has 0 N–H and O–H groups in total. The van der Waals surface area contributed by atoms with Crippen molar-refractivity contribution in [3.8, 4) is 0 Å². The second kappa shape index (κ2) is 11.1. The van der Waals surface area contributed by atoms with Crippen LogP contribution in [0.4, 0.5) is 0 Å². The molecular formula is C18H26O3. The highest BCUT2D eigenvalue weighted by molar-refractivity contribution is 5.90. The second-order valence-electron chi connectivity index (χ2n) is 5.36. The Morgan fingerprint density at radius 3 is 2.29 bits per heavy atom. The average Bonchev–Trinajstić information content (AvgIpc) is 2.53. The number of esters is 1. The van der Waals surface area contributed by atoms with Gasteiger partial charge in [-0.25, -0.2) is 4.79 Å². The summed E-state index contributed by atoms with van der Waals surface area (Å²) in [6.07, 6.45) is 9.04. The van der Waals surface area contributed by atoms with E-state index >= 15 is 0 Å². The molecule has 0 saturated carbocycles. The van der Waals surface area contributed by atoms with Crippen LogP contribution in [0.2, 0.25) is 0 Å². The Kier molecular flexibility index (Phi) is 9.18. The van der Waals surface area contributed by atoms with E-state index in [1.807, 2.05) is 6.07 Å². The maximum atomic E-state index is 11.8. The molecule has 1 aromatic rings. The van der Waals surface area contributed by atoms with Gasteiger partial charge < -0.3 is 4.74 Å². The molecule has 0 aliphatic heterocycles. The lowest BCUT2D eigenvalue weighted by Crippen LogP contribution is -2.19. The fourth-order valence-corrected chi connectivity index (χ4v) is 2.24. The van der Waals surface area contributed by atoms with Crippen LogP contribution in [-0.4, -0.2) is 18.4 Å². The van der Waals surface area contributed by atoms with Crippen molar-refractivity contribution in [3.05, 3.63) is 35.9 Å². The zero-order valence-electron chi connectivity index (χ0n) is 12.9. The molecule has 3 heteroatoms. The summed E-state index contributed by atoms with van der Waals surface area (Å²) >= 11 is 0. The van der Waals surface area contributed by atoms with Crippen LogP contribution in [0, 0.1) is 0 Å². The number of rotatable bonds is 11. The van der Waals surface area contributed by atoms with Crippen molar-refractivity contribution in [1.82, 2.24) is 0 Å². The van der Waals surface area contributed by atoms with Crippen LogP contribution in [0.15, 0.2) is 30.3 Å². The minimum Gasteiger partial charge on any atom is -0.451 e. The average molecular weight is 290 g/mol. The number of carbonyl (C=O) groups excluding carboxylic acids is 2. The number of hydrogen-bond donors (Lipinski definition) is 0. The maximum absolute atomic E-state index is 11.8. The molecule has 1 rings (SSSR count). The molecule has 0 aliphatic rings. The minimum absolute atomic E-state index is 0.421. The van der Waals surface area contributed by atoms with Crippen LogP contribution in [-0.2, 0) is 9.53 Å². The van der Waals surface area contributed by atoms with E-state index in [9.17, 15) is 9.59 Å². The molecule has 116 valence electrons. The maximum Gasteiger partial charge on any atom is 0.338 e. The number of ether oxygens (including phenoxy) is 1. The number of unbranched alkanes of at least 4 members (excludes halogenated alkanes) is 6. The van der Waals surface area contributed by atoms with Crippen LogP contribution in [0.5, 0.6) is 0 Å². The molecule has 0 spiro atoms. The summed E-state index contributed by atoms with van der Waals surface area (Å²) in [6, 6.07) is 8.79. The van der Waals surface area contributed by atoms with Crippen LogP contribution in [0.3, 0.4) is 0 Å². The van der Waals surface area contributed by atoms with E-state index in [0.717, 1.165) is 19.1 Å². The van der Waals surface area contributed by atoms with Gasteiger partial charge in [0.2, 0.25) is 0 Å². The fourth-order valence-electron chi connectivity index (χ4n) is 2.24. The highest BCUT2D eigenvalue weighted by atomic mass is 16.5. The number of hydrogen-bond acceptors (Lipinski definition) is 3. The molecule has 0 aromatic heterocycles. The van der Waals surface area contributed by atoms with Gasteiger partial charge in [0.1, 0.15) is 0 Å². The van der Waals surface area contributed by atoms with Crippen LogP contribution in [0.1, 0.15) is 68.6 Å². The molecular weight excluding hydrogens is 264 g/mol. The van der Waals surface area contributed by atoms with Crippen molar-refractivity contribution in [2.45, 2.75) is 64.4 Å². The summed E-state index contributed by atoms with van der Waals surface area (Å²) in [4.78, 5) is 22.8. The van der Waals surface area contributed by atoms with Gasteiger partial charge in [0.25, 0.3) is 0 Å². The third kappa shape index (κ3) is 7.64. The van der Waals surface area contributed by atoms with Crippen LogP contribution in [0.25, 0.3) is 0 Å². The van der Waals surface area contributed by atoms with E-state index in [0.29, 0.717) is 12.0 Å². The lowest BCUT2D eigenvalue weighted by molar-refractivity contribution is -0.115. The Morgan fingerprint density at radius 1 is 1.05 bits per heavy atom. The third-order valence-electron chi connectivity index (χ3n) is 3.51. The zero-order chi connectivity index (χ0) is 15.3. The van der Waals surface area contributed by atoms with Gasteiger partial charge in [-0.3, -0.25) is 4.79 Å². The molecule has 1 unspecified atom stereocenters. The summed E-state index contributed by atoms with van der Waals surface area (Å²) in [5.41, 5.74) is 0.490. The largest absolute Gasteiger partial charge is 0.451 e. The van der Waals surface area contributed by atoms with Gasteiger partial charge in [0.05, 0.1) is 5.56 Å². The van der Waals surface area contributed by atoms with Crippen molar-refractivity contribution in [1.29, 1.82) is 0 Å². The standard InChI is InChI=1S/C18H26O3/c1-2-3-4-5-6-7-11-14-17(15-19)21-18(20)16-12-9-8-10-13-16/h8-10,12-13,15,17H,2-7,11,14H2,1H3. The Labute approximate surface area is 127 Å². The molecule has 0 saturated heterocycles. The van der Waals surface area contributed by atoms with Gasteiger partial charge in [-0.2, -0.15) is 0 Å². The number of benzene rings is 1. The van der Waals surface area contributed by atoms with Gasteiger partial charge in [-0.15, -0.1) is 0 Å². The lowest BCUT2D eigenvalue weighted by Gasteiger charge is -2.12. The van der Waals surface area contributed by atoms with Crippen molar-refractivity contribution in [2.24, 2.45) is 0 Å². The molecule has 1 aromatic carbocycles. The molecule has 0 radical (unpaired) electrons. The second-order valence-corrected chi connectivity index (χ2v) is 5.36. The Bertz CT molecular complexity index is 400. The molecule has 0 heterocycles. The summed E-state index contributed by atoms with van der Waals surface area (Å²) in [5.74, 6) is -0.421. The lowest BCUT2D eigenvalue weighted by atomic mass is 10.1. The molecule has 3 nitrogen and oxygen atoms in total. The summed E-state index contributed by atoms with van der Waals surface area (Å²) in [5, 5.41) is 0. The first-order chi connectivity index (χ1) is 10.3. The van der Waals surface area contributed by atoms with Gasteiger partial charge in [-0.1, -0.05) is 63.6 Å². The Balaban J connectivity index is 2.20. The number of aldehydes is 1. The summed E-state index contributed by atoms with van der Waals surface area (Å²) in [6.45, 7) is 2.20. The van der Waals surface area contributed by atoms with Gasteiger partial charge >= 0.3 is 5.97 Å². The molecule has 0 bridgehead atoms. The minimum atomic E-state index is -0.617. The Hall–Kier alpha value is -1.64. The highest BCUT2D eigenvalue weighted by Gasteiger charge is 2.14. The van der Waals surface area contributed by atoms with Crippen LogP contribution >= 0.6 is 0 Å². The molecule has 21 heavy (non-hydrogen) atoms. The van der Waals surface area contributed by atoms with Crippen molar-refractivity contribution in [2.75, 3.05) is 0 Å². The zero-order valence-corrected chi connectivity index (χ0v) is 12.9. The predicted molar refractivity (Wildman–Crippen MR) is 84.3 cm³/mol. The molecule has 1 atom stereocenters. The summed E-state index contributed by atoms with van der Waals surface area (Å²) < 4.78 is 5.22. The fraction of sp³-hybridized carbons (Fsp3) is 0.556. The van der Waals surface area contributed by atoms with E-state index in [1.54, 1.807) is 24.3 Å². The van der Waals surface area contributed by atoms with Gasteiger partial charge in [0.15, 0.2) is 12.4 Å². The van der Waals surface area contributed by atoms with Crippen LogP contribution < -0.4 is 0 Å². The topological polar surface area (TPSA) is 43.4 Å². The van der Waals surface area contributed by atoms with Crippen molar-refractivity contribution in [3.63, 3.8) is 0 Å². The monoisotopic (exact) mass is 290 g/mol. The molecule has 0 aliphatic carbocycles. The highest BCUT2D eigenvalue weighted by Crippen LogP contribution is 2.12. The molecule has 0 amide bonds. The smallest absolute Gasteiger partial charge is 0.338 e. The quantitative estimate of drug-likeness (QED) is 0.341. The Morgan fingerprint density at radius 2 is 1.67 bits per heavy atom.